The summed E-state index contributed by atoms with van der Waals surface area (Å²) in [5, 5.41) is 18.6. The number of nitrogens with one attached hydrogen (secondary N) is 1. The SMILES string of the molecule is CCCN1CCC(c2cn3c(-c4cn(-c5cc(C(=O)NC6CC6)c(F)cc5C)nn4)cnc3cc2OC)CC1.CO. The Bertz CT molecular complexity index is 1520. The standard InChI is InChI=1S/C29H34FN7O2.CH4O/c1-4-9-35-10-7-19(8-11-35)22-16-36-26(15-31-28(36)14-27(22)39-3)24-17-37(34-33-24)25-13-21(23(30)12-18(25)2)29(38)32-20-5-6-20;1-2/h12-17,19-20H,4-11H2,1-3H3,(H,32,38);2H,1H3. The highest BCUT2D eigenvalue weighted by Gasteiger charge is 2.27. The van der Waals surface area contributed by atoms with Crippen LogP contribution in [-0.2, 0) is 0 Å². The van der Waals surface area contributed by atoms with Crippen LogP contribution in [0.15, 0.2) is 36.8 Å². The highest BCUT2D eigenvalue weighted by atomic mass is 19.1. The number of methoxy groups -OCH3 is 1. The van der Waals surface area contributed by atoms with Gasteiger partial charge in [0.2, 0.25) is 0 Å². The van der Waals surface area contributed by atoms with Gasteiger partial charge in [-0.3, -0.25) is 9.20 Å². The number of aliphatic hydroxyl groups excluding tert-OH is 1. The first kappa shape index (κ1) is 28.7. The number of ether oxygens (including phenoxy) is 1. The molecule has 1 amide bonds. The first-order chi connectivity index (χ1) is 19.9. The van der Waals surface area contributed by atoms with E-state index in [9.17, 15) is 9.18 Å². The Morgan fingerprint density at radius 3 is 2.59 bits per heavy atom. The maximum atomic E-state index is 14.7. The van der Waals surface area contributed by atoms with Gasteiger partial charge in [-0.2, -0.15) is 0 Å². The summed E-state index contributed by atoms with van der Waals surface area (Å²) in [7, 11) is 2.71. The summed E-state index contributed by atoms with van der Waals surface area (Å²) in [6, 6.07) is 5.04. The van der Waals surface area contributed by atoms with E-state index in [4.69, 9.17) is 9.84 Å². The number of aliphatic hydroxyl groups is 1. The molecule has 0 atom stereocenters. The molecule has 4 aromatic rings. The van der Waals surface area contributed by atoms with Crippen LogP contribution in [0.2, 0.25) is 0 Å². The molecule has 218 valence electrons. The molecular formula is C30H38FN7O3. The van der Waals surface area contributed by atoms with Gasteiger partial charge in [0.15, 0.2) is 0 Å². The summed E-state index contributed by atoms with van der Waals surface area (Å²) in [5.41, 5.74) is 4.64. The first-order valence-corrected chi connectivity index (χ1v) is 14.2. The van der Waals surface area contributed by atoms with Gasteiger partial charge in [-0.05, 0) is 82.3 Å². The summed E-state index contributed by atoms with van der Waals surface area (Å²) in [5.74, 6) is 0.320. The number of hydrogen-bond acceptors (Lipinski definition) is 7. The summed E-state index contributed by atoms with van der Waals surface area (Å²) in [6.07, 6.45) is 10.9. The van der Waals surface area contributed by atoms with E-state index >= 15 is 0 Å². The molecule has 11 heteroatoms. The fourth-order valence-corrected chi connectivity index (χ4v) is 5.55. The average molecular weight is 564 g/mol. The van der Waals surface area contributed by atoms with E-state index in [1.807, 2.05) is 10.5 Å². The van der Waals surface area contributed by atoms with Gasteiger partial charge >= 0.3 is 0 Å². The fourth-order valence-electron chi connectivity index (χ4n) is 5.55. The van der Waals surface area contributed by atoms with Crippen molar-refractivity contribution >= 4 is 11.6 Å². The lowest BCUT2D eigenvalue weighted by molar-refractivity contribution is 0.0947. The van der Waals surface area contributed by atoms with Crippen molar-refractivity contribution in [1.29, 1.82) is 0 Å². The van der Waals surface area contributed by atoms with Gasteiger partial charge in [-0.15, -0.1) is 5.10 Å². The monoisotopic (exact) mass is 563 g/mol. The normalized spacial score (nSPS) is 16.0. The van der Waals surface area contributed by atoms with E-state index in [2.05, 4.69) is 38.6 Å². The molecule has 6 rings (SSSR count). The van der Waals surface area contributed by atoms with Crippen LogP contribution in [0.3, 0.4) is 0 Å². The first-order valence-electron chi connectivity index (χ1n) is 14.2. The smallest absolute Gasteiger partial charge is 0.254 e. The van der Waals surface area contributed by atoms with Gasteiger partial charge in [0, 0.05) is 31.0 Å². The molecule has 10 nitrogen and oxygen atoms in total. The van der Waals surface area contributed by atoms with Crippen LogP contribution in [0.5, 0.6) is 5.75 Å². The zero-order valence-electron chi connectivity index (χ0n) is 24.1. The predicted octanol–water partition coefficient (Wildman–Crippen LogP) is 4.13. The molecule has 4 heterocycles. The van der Waals surface area contributed by atoms with Crippen LogP contribution >= 0.6 is 0 Å². The molecule has 41 heavy (non-hydrogen) atoms. The molecule has 0 bridgehead atoms. The number of likely N-dealkylation sites (tertiary alicyclic amines) is 1. The van der Waals surface area contributed by atoms with Gasteiger partial charge in [0.05, 0.1) is 36.4 Å². The zero-order valence-corrected chi connectivity index (χ0v) is 24.1. The summed E-state index contributed by atoms with van der Waals surface area (Å²) < 4.78 is 24.1. The molecule has 3 aromatic heterocycles. The van der Waals surface area contributed by atoms with Gasteiger partial charge in [-0.25, -0.2) is 14.1 Å². The average Bonchev–Trinajstić information content (AvgIpc) is 3.49. The number of aryl methyl sites for hydroxylation is 1. The second-order valence-corrected chi connectivity index (χ2v) is 10.7. The Balaban J connectivity index is 0.00000165. The van der Waals surface area contributed by atoms with E-state index < -0.39 is 11.7 Å². The number of aromatic nitrogens is 5. The number of carbonyl (C=O) groups excluding carboxylic acids is 1. The third kappa shape index (κ3) is 5.96. The molecule has 1 saturated carbocycles. The van der Waals surface area contributed by atoms with Crippen LogP contribution in [0.1, 0.15) is 66.4 Å². The minimum absolute atomic E-state index is 0.0103. The molecule has 1 aliphatic carbocycles. The van der Waals surface area contributed by atoms with E-state index in [1.54, 1.807) is 37.2 Å². The van der Waals surface area contributed by atoms with E-state index in [0.29, 0.717) is 22.9 Å². The second-order valence-electron chi connectivity index (χ2n) is 10.7. The molecule has 2 fully saturated rings. The van der Waals surface area contributed by atoms with Crippen molar-refractivity contribution in [3.63, 3.8) is 0 Å². The minimum Gasteiger partial charge on any atom is -0.496 e. The highest BCUT2D eigenvalue weighted by Crippen LogP contribution is 2.36. The molecule has 0 radical (unpaired) electrons. The number of pyridine rings is 1. The number of amides is 1. The minimum atomic E-state index is -0.543. The maximum Gasteiger partial charge on any atom is 0.254 e. The number of piperidine rings is 1. The Morgan fingerprint density at radius 1 is 1.15 bits per heavy atom. The number of hydrogen-bond donors (Lipinski definition) is 2. The highest BCUT2D eigenvalue weighted by molar-refractivity contribution is 5.95. The van der Waals surface area contributed by atoms with Crippen molar-refractivity contribution in [3.8, 4) is 22.8 Å². The van der Waals surface area contributed by atoms with Crippen LogP contribution in [0.25, 0.3) is 22.7 Å². The Labute approximate surface area is 239 Å². The third-order valence-electron chi connectivity index (χ3n) is 7.87. The van der Waals surface area contributed by atoms with Gasteiger partial charge < -0.3 is 20.1 Å². The lowest BCUT2D eigenvalue weighted by Crippen LogP contribution is -2.33. The molecule has 0 spiro atoms. The number of imidazole rings is 1. The van der Waals surface area contributed by atoms with Crippen molar-refractivity contribution in [2.24, 2.45) is 0 Å². The summed E-state index contributed by atoms with van der Waals surface area (Å²) in [4.78, 5) is 19.7. The number of fused-ring (bicyclic) bond motifs is 1. The largest absolute Gasteiger partial charge is 0.496 e. The van der Waals surface area contributed by atoms with Crippen molar-refractivity contribution < 1.29 is 19.0 Å². The van der Waals surface area contributed by atoms with Gasteiger partial charge in [0.25, 0.3) is 5.91 Å². The summed E-state index contributed by atoms with van der Waals surface area (Å²) >= 11 is 0. The van der Waals surface area contributed by atoms with E-state index in [1.165, 1.54) is 18.1 Å². The maximum absolute atomic E-state index is 14.7. The van der Waals surface area contributed by atoms with Crippen molar-refractivity contribution in [3.05, 3.63) is 59.3 Å². The Morgan fingerprint density at radius 2 is 1.90 bits per heavy atom. The van der Waals surface area contributed by atoms with Crippen LogP contribution < -0.4 is 10.1 Å². The number of rotatable bonds is 8. The Kier molecular flexibility index (Phi) is 8.65. The number of nitrogens with zero attached hydrogens (tertiary/aromatic N) is 6. The molecule has 1 saturated heterocycles. The second kappa shape index (κ2) is 12.4. The number of benzene rings is 1. The fraction of sp³-hybridized carbons (Fsp3) is 0.467. The topological polar surface area (TPSA) is 110 Å². The molecule has 1 aromatic carbocycles. The molecule has 2 aliphatic rings. The number of halogens is 1. The summed E-state index contributed by atoms with van der Waals surface area (Å²) in [6.45, 7) is 7.33. The molecule has 2 N–H and O–H groups in total. The molecular weight excluding hydrogens is 525 g/mol. The van der Waals surface area contributed by atoms with Crippen LogP contribution in [0.4, 0.5) is 4.39 Å². The zero-order chi connectivity index (χ0) is 29.1. The van der Waals surface area contributed by atoms with Crippen LogP contribution in [0, 0.1) is 12.7 Å². The predicted molar refractivity (Wildman–Crippen MR) is 154 cm³/mol. The lowest BCUT2D eigenvalue weighted by atomic mass is 9.89. The lowest BCUT2D eigenvalue weighted by Gasteiger charge is -2.32. The van der Waals surface area contributed by atoms with E-state index in [-0.39, 0.29) is 11.6 Å². The van der Waals surface area contributed by atoms with Crippen molar-refractivity contribution in [2.75, 3.05) is 33.9 Å². The third-order valence-corrected chi connectivity index (χ3v) is 7.87. The van der Waals surface area contributed by atoms with Gasteiger partial charge in [0.1, 0.15) is 22.9 Å². The molecule has 1 aliphatic heterocycles. The van der Waals surface area contributed by atoms with Gasteiger partial charge in [-0.1, -0.05) is 12.1 Å². The number of carbonyl (C=O) groups is 1. The van der Waals surface area contributed by atoms with Crippen LogP contribution in [-0.4, -0.2) is 80.2 Å². The Hall–Kier alpha value is -3.83. The van der Waals surface area contributed by atoms with E-state index in [0.717, 1.165) is 69.5 Å². The van der Waals surface area contributed by atoms with Crippen molar-refractivity contribution in [1.82, 2.24) is 34.6 Å². The molecule has 0 unspecified atom stereocenters. The quantitative estimate of drug-likeness (QED) is 0.332. The van der Waals surface area contributed by atoms with Crippen molar-refractivity contribution in [2.45, 2.75) is 57.9 Å².